The first-order valence-electron chi connectivity index (χ1n) is 6.28. The van der Waals surface area contributed by atoms with Gasteiger partial charge < -0.3 is 9.80 Å². The van der Waals surface area contributed by atoms with Crippen molar-refractivity contribution < 1.29 is 0 Å². The molecule has 2 aliphatic heterocycles. The summed E-state index contributed by atoms with van der Waals surface area (Å²) in [6.07, 6.45) is 7.38. The summed E-state index contributed by atoms with van der Waals surface area (Å²) in [5, 5.41) is 2.69. The monoisotopic (exact) mass is 300 g/mol. The molecule has 0 aromatic carbocycles. The summed E-state index contributed by atoms with van der Waals surface area (Å²) in [5.74, 6) is 1.92. The van der Waals surface area contributed by atoms with E-state index in [0.29, 0.717) is 0 Å². The topological polar surface area (TPSA) is 32.3 Å². The molecule has 0 unspecified atom stereocenters. The molecule has 0 bridgehead atoms. The molecule has 0 saturated heterocycles. The van der Waals surface area contributed by atoms with Crippen molar-refractivity contribution in [3.8, 4) is 0 Å². The van der Waals surface area contributed by atoms with Crippen LogP contribution in [0.25, 0.3) is 0 Å². The maximum absolute atomic E-state index is 4.09. The van der Waals surface area contributed by atoms with E-state index in [1.165, 1.54) is 21.4 Å². The fraction of sp³-hybridized carbons (Fsp3) is 0.143. The van der Waals surface area contributed by atoms with Gasteiger partial charge in [-0.2, -0.15) is 0 Å². The van der Waals surface area contributed by atoms with E-state index in [-0.39, 0.29) is 0 Å². The molecule has 0 saturated carbocycles. The average Bonchev–Trinajstić information content (AvgIpc) is 3.10. The van der Waals surface area contributed by atoms with Gasteiger partial charge in [-0.15, -0.1) is 0 Å². The van der Waals surface area contributed by atoms with Crippen molar-refractivity contribution in [1.29, 1.82) is 0 Å². The van der Waals surface area contributed by atoms with E-state index < -0.39 is 0 Å². The molecule has 0 atom stereocenters. The highest BCUT2D eigenvalue weighted by Gasteiger charge is 2.34. The quantitative estimate of drug-likeness (QED) is 0.846. The minimum absolute atomic E-state index is 0.962. The van der Waals surface area contributed by atoms with E-state index in [1.807, 2.05) is 48.3 Å². The Morgan fingerprint density at radius 1 is 0.700 bits per heavy atom. The van der Waals surface area contributed by atoms with Crippen molar-refractivity contribution in [2.24, 2.45) is 0 Å². The fourth-order valence-corrected chi connectivity index (χ4v) is 5.01. The van der Waals surface area contributed by atoms with Gasteiger partial charge in [-0.05, 0) is 24.3 Å². The second-order valence-electron chi connectivity index (χ2n) is 4.42. The van der Waals surface area contributed by atoms with Crippen molar-refractivity contribution in [2.75, 3.05) is 21.6 Å². The van der Waals surface area contributed by atoms with Crippen molar-refractivity contribution in [2.45, 2.75) is 0 Å². The lowest BCUT2D eigenvalue weighted by molar-refractivity contribution is 1.13. The van der Waals surface area contributed by atoms with E-state index in [4.69, 9.17) is 0 Å². The molecule has 100 valence electrons. The standard InChI is InChI=1S/C14H12N4S2/c1-5-15-6-2-11(1)17-9-19-14-13(17)20-10-18(14)12-3-7-16-8-4-12/h1-8H,9-10H2. The van der Waals surface area contributed by atoms with Crippen LogP contribution in [0.1, 0.15) is 0 Å². The zero-order valence-corrected chi connectivity index (χ0v) is 12.3. The molecule has 2 aromatic rings. The molecule has 4 nitrogen and oxygen atoms in total. The van der Waals surface area contributed by atoms with Crippen LogP contribution >= 0.6 is 23.5 Å². The van der Waals surface area contributed by atoms with Crippen molar-refractivity contribution in [3.05, 3.63) is 59.1 Å². The fourth-order valence-electron chi connectivity index (χ4n) is 2.31. The second-order valence-corrected chi connectivity index (χ2v) is 6.29. The third-order valence-corrected chi connectivity index (χ3v) is 5.56. The summed E-state index contributed by atoms with van der Waals surface area (Å²) < 4.78 is 0. The van der Waals surface area contributed by atoms with Gasteiger partial charge in [0.25, 0.3) is 0 Å². The minimum atomic E-state index is 0.962. The maximum atomic E-state index is 4.09. The van der Waals surface area contributed by atoms with Crippen LogP contribution in [0.3, 0.4) is 0 Å². The van der Waals surface area contributed by atoms with E-state index >= 15 is 0 Å². The van der Waals surface area contributed by atoms with Crippen molar-refractivity contribution in [1.82, 2.24) is 9.97 Å². The van der Waals surface area contributed by atoms with Crippen molar-refractivity contribution >= 4 is 34.9 Å². The van der Waals surface area contributed by atoms with Crippen LogP contribution in [0, 0.1) is 0 Å². The molecule has 0 fully saturated rings. The predicted molar refractivity (Wildman–Crippen MR) is 85.4 cm³/mol. The highest BCUT2D eigenvalue weighted by Crippen LogP contribution is 2.49. The number of aromatic nitrogens is 2. The molecule has 2 aliphatic rings. The zero-order valence-electron chi connectivity index (χ0n) is 10.6. The number of hydrogen-bond donors (Lipinski definition) is 0. The predicted octanol–water partition coefficient (Wildman–Crippen LogP) is 3.32. The van der Waals surface area contributed by atoms with Crippen LogP contribution < -0.4 is 9.80 Å². The Hall–Kier alpha value is -1.66. The second kappa shape index (κ2) is 5.03. The van der Waals surface area contributed by atoms with Crippen LogP contribution in [0.4, 0.5) is 11.4 Å². The van der Waals surface area contributed by atoms with Gasteiger partial charge in [-0.25, -0.2) is 0 Å². The van der Waals surface area contributed by atoms with E-state index in [9.17, 15) is 0 Å². The van der Waals surface area contributed by atoms with Gasteiger partial charge in [0.1, 0.15) is 10.1 Å². The largest absolute Gasteiger partial charge is 0.324 e. The molecule has 4 rings (SSSR count). The molecule has 0 N–H and O–H groups in total. The van der Waals surface area contributed by atoms with E-state index in [1.54, 1.807) is 0 Å². The third kappa shape index (κ3) is 1.96. The van der Waals surface area contributed by atoms with Gasteiger partial charge in [-0.1, -0.05) is 23.5 Å². The molecule has 4 heterocycles. The van der Waals surface area contributed by atoms with Gasteiger partial charge in [0, 0.05) is 36.2 Å². The Bertz CT molecular complexity index is 587. The number of rotatable bonds is 2. The van der Waals surface area contributed by atoms with Crippen LogP contribution in [-0.2, 0) is 0 Å². The normalized spacial score (nSPS) is 17.8. The number of anilines is 2. The minimum Gasteiger partial charge on any atom is -0.324 e. The summed E-state index contributed by atoms with van der Waals surface area (Å²) in [7, 11) is 0. The Morgan fingerprint density at radius 2 is 1.10 bits per heavy atom. The lowest BCUT2D eigenvalue weighted by atomic mass is 10.4. The molecule has 0 aliphatic carbocycles. The summed E-state index contributed by atoms with van der Waals surface area (Å²) in [5.41, 5.74) is 2.42. The molecule has 0 radical (unpaired) electrons. The van der Waals surface area contributed by atoms with Gasteiger partial charge >= 0.3 is 0 Å². The molecular formula is C14H12N4S2. The van der Waals surface area contributed by atoms with Crippen LogP contribution in [0.2, 0.25) is 0 Å². The van der Waals surface area contributed by atoms with E-state index in [2.05, 4.69) is 44.0 Å². The smallest absolute Gasteiger partial charge is 0.109 e. The summed E-state index contributed by atoms with van der Waals surface area (Å²) >= 11 is 3.78. The van der Waals surface area contributed by atoms with Crippen LogP contribution in [0.15, 0.2) is 59.1 Å². The Balaban J connectivity index is 1.67. The van der Waals surface area contributed by atoms with Crippen LogP contribution in [-0.4, -0.2) is 21.7 Å². The Labute approximate surface area is 125 Å². The first-order chi connectivity index (χ1) is 9.93. The van der Waals surface area contributed by atoms with Crippen molar-refractivity contribution in [3.63, 3.8) is 0 Å². The number of pyridine rings is 2. The van der Waals surface area contributed by atoms with Crippen LogP contribution in [0.5, 0.6) is 0 Å². The van der Waals surface area contributed by atoms with Gasteiger partial charge in [0.05, 0.1) is 11.8 Å². The highest BCUT2D eigenvalue weighted by atomic mass is 32.2. The zero-order chi connectivity index (χ0) is 13.4. The lowest BCUT2D eigenvalue weighted by Crippen LogP contribution is -2.16. The van der Waals surface area contributed by atoms with Gasteiger partial charge in [0.2, 0.25) is 0 Å². The summed E-state index contributed by atoms with van der Waals surface area (Å²) in [4.78, 5) is 12.9. The number of thioether (sulfide) groups is 2. The lowest BCUT2D eigenvalue weighted by Gasteiger charge is -2.20. The SMILES string of the molecule is c1cc(N2CSC3=C2SCN3c2ccncc2)ccn1. The molecule has 2 aromatic heterocycles. The summed E-state index contributed by atoms with van der Waals surface area (Å²) in [6, 6.07) is 8.25. The van der Waals surface area contributed by atoms with E-state index in [0.717, 1.165) is 11.8 Å². The highest BCUT2D eigenvalue weighted by molar-refractivity contribution is 8.08. The Morgan fingerprint density at radius 3 is 1.50 bits per heavy atom. The first-order valence-corrected chi connectivity index (χ1v) is 8.25. The van der Waals surface area contributed by atoms with Gasteiger partial charge in [0.15, 0.2) is 0 Å². The third-order valence-electron chi connectivity index (χ3n) is 3.28. The molecule has 6 heteroatoms. The number of hydrogen-bond acceptors (Lipinski definition) is 6. The molecular weight excluding hydrogens is 288 g/mol. The summed E-state index contributed by atoms with van der Waals surface area (Å²) in [6.45, 7) is 0. The number of nitrogens with zero attached hydrogens (tertiary/aromatic N) is 4. The maximum Gasteiger partial charge on any atom is 0.109 e. The Kier molecular flexibility index (Phi) is 3.05. The average molecular weight is 300 g/mol. The first kappa shape index (κ1) is 12.1. The molecule has 20 heavy (non-hydrogen) atoms. The molecule has 0 amide bonds. The molecule has 0 spiro atoms. The van der Waals surface area contributed by atoms with Gasteiger partial charge in [-0.3, -0.25) is 9.97 Å².